The Hall–Kier alpha value is -0.540. The summed E-state index contributed by atoms with van der Waals surface area (Å²) in [6.45, 7) is 9.75. The normalized spacial score (nSPS) is 18.7. The van der Waals surface area contributed by atoms with Crippen molar-refractivity contribution in [2.24, 2.45) is 12.5 Å². The molecule has 0 amide bonds. The first-order valence-electron chi connectivity index (χ1n) is 7.65. The highest BCUT2D eigenvalue weighted by Crippen LogP contribution is 2.42. The summed E-state index contributed by atoms with van der Waals surface area (Å²) in [5.41, 5.74) is 2.65. The minimum Gasteiger partial charge on any atom is -0.312 e. The largest absolute Gasteiger partial charge is 0.312 e. The number of halogens is 1. The molecule has 1 aromatic rings. The Labute approximate surface area is 128 Å². The molecule has 0 saturated heterocycles. The van der Waals surface area contributed by atoms with Crippen LogP contribution in [0.1, 0.15) is 57.8 Å². The summed E-state index contributed by atoms with van der Waals surface area (Å²) >= 11 is 6.44. The van der Waals surface area contributed by atoms with Crippen molar-refractivity contribution in [3.05, 3.63) is 16.4 Å². The van der Waals surface area contributed by atoms with Gasteiger partial charge >= 0.3 is 0 Å². The van der Waals surface area contributed by atoms with Crippen molar-refractivity contribution in [2.45, 2.75) is 65.3 Å². The maximum atomic E-state index is 6.44. The fraction of sp³-hybridized carbons (Fsp3) is 0.812. The lowest BCUT2D eigenvalue weighted by atomic mass is 9.80. The molecule has 1 aliphatic rings. The van der Waals surface area contributed by atoms with Gasteiger partial charge in [-0.3, -0.25) is 4.68 Å². The lowest BCUT2D eigenvalue weighted by Gasteiger charge is -2.33. The number of hydrogen-bond donors (Lipinski definition) is 1. The zero-order chi connectivity index (χ0) is 15.0. The second-order valence-corrected chi connectivity index (χ2v) is 7.84. The van der Waals surface area contributed by atoms with Crippen LogP contribution in [0.25, 0.3) is 0 Å². The van der Waals surface area contributed by atoms with Crippen LogP contribution in [0.5, 0.6) is 0 Å². The number of aryl methyl sites for hydroxylation is 2. The first kappa shape index (κ1) is 15.8. The van der Waals surface area contributed by atoms with E-state index in [4.69, 9.17) is 11.6 Å². The molecule has 0 aliphatic heterocycles. The van der Waals surface area contributed by atoms with E-state index < -0.39 is 0 Å². The Morgan fingerprint density at radius 3 is 2.35 bits per heavy atom. The van der Waals surface area contributed by atoms with Crippen LogP contribution in [-0.2, 0) is 13.5 Å². The van der Waals surface area contributed by atoms with Gasteiger partial charge in [-0.25, -0.2) is 0 Å². The quantitative estimate of drug-likeness (QED) is 0.914. The van der Waals surface area contributed by atoms with Crippen LogP contribution in [0.4, 0.5) is 0 Å². The van der Waals surface area contributed by atoms with Crippen LogP contribution in [0.3, 0.4) is 0 Å². The molecule has 1 aliphatic carbocycles. The summed E-state index contributed by atoms with van der Waals surface area (Å²) in [7, 11) is 2.01. The Balaban J connectivity index is 2.17. The van der Waals surface area contributed by atoms with Gasteiger partial charge in [0.05, 0.1) is 16.4 Å². The fourth-order valence-corrected chi connectivity index (χ4v) is 3.45. The molecule has 1 aromatic heterocycles. The van der Waals surface area contributed by atoms with E-state index in [-0.39, 0.29) is 5.54 Å². The summed E-state index contributed by atoms with van der Waals surface area (Å²) in [5, 5.41) is 9.01. The first-order chi connectivity index (χ1) is 9.22. The molecule has 4 heteroatoms. The van der Waals surface area contributed by atoms with Crippen molar-refractivity contribution in [2.75, 3.05) is 6.54 Å². The molecule has 0 bridgehead atoms. The highest BCUT2D eigenvalue weighted by atomic mass is 35.5. The molecule has 114 valence electrons. The molecule has 1 N–H and O–H groups in total. The second-order valence-electron chi connectivity index (χ2n) is 7.46. The molecule has 0 spiro atoms. The van der Waals surface area contributed by atoms with Gasteiger partial charge in [-0.15, -0.1) is 0 Å². The van der Waals surface area contributed by atoms with Crippen LogP contribution >= 0.6 is 11.6 Å². The van der Waals surface area contributed by atoms with Gasteiger partial charge in [-0.2, -0.15) is 5.10 Å². The third-order valence-corrected chi connectivity index (χ3v) is 4.95. The summed E-state index contributed by atoms with van der Waals surface area (Å²) in [6.07, 6.45) is 6.28. The van der Waals surface area contributed by atoms with Crippen LogP contribution in [-0.4, -0.2) is 21.9 Å². The van der Waals surface area contributed by atoms with E-state index in [1.807, 2.05) is 18.7 Å². The van der Waals surface area contributed by atoms with Crippen LogP contribution in [0, 0.1) is 12.3 Å². The molecular formula is C16H28ClN3. The van der Waals surface area contributed by atoms with Gasteiger partial charge in [-0.05, 0) is 52.4 Å². The molecule has 3 nitrogen and oxygen atoms in total. The van der Waals surface area contributed by atoms with Gasteiger partial charge in [0.15, 0.2) is 0 Å². The molecule has 1 heterocycles. The number of nitrogens with one attached hydrogen (secondary N) is 1. The second kappa shape index (κ2) is 5.69. The third-order valence-electron chi connectivity index (χ3n) is 4.46. The Kier molecular flexibility index (Phi) is 4.50. The van der Waals surface area contributed by atoms with Gasteiger partial charge in [0, 0.05) is 19.1 Å². The SMILES string of the molecule is Cc1nn(C)c(CC2(CNC(C)(C)C)CCCC2)c1Cl. The van der Waals surface area contributed by atoms with E-state index in [1.165, 1.54) is 31.4 Å². The van der Waals surface area contributed by atoms with E-state index in [1.54, 1.807) is 0 Å². The standard InChI is InChI=1S/C16H28ClN3/c1-12-14(17)13(20(5)19-12)10-16(8-6-7-9-16)11-18-15(2,3)4/h18H,6-11H2,1-5H3. The van der Waals surface area contributed by atoms with Gasteiger partial charge in [-0.1, -0.05) is 24.4 Å². The zero-order valence-electron chi connectivity index (χ0n) is 13.5. The number of hydrogen-bond acceptors (Lipinski definition) is 2. The molecule has 0 aromatic carbocycles. The van der Waals surface area contributed by atoms with Crippen molar-refractivity contribution in [3.63, 3.8) is 0 Å². The summed E-state index contributed by atoms with van der Waals surface area (Å²) in [6, 6.07) is 0. The summed E-state index contributed by atoms with van der Waals surface area (Å²) in [5.74, 6) is 0. The summed E-state index contributed by atoms with van der Waals surface area (Å²) < 4.78 is 1.97. The predicted molar refractivity (Wildman–Crippen MR) is 85.3 cm³/mol. The highest BCUT2D eigenvalue weighted by molar-refractivity contribution is 6.31. The Morgan fingerprint density at radius 2 is 1.90 bits per heavy atom. The van der Waals surface area contributed by atoms with E-state index in [2.05, 4.69) is 31.2 Å². The lowest BCUT2D eigenvalue weighted by molar-refractivity contribution is 0.240. The topological polar surface area (TPSA) is 29.9 Å². The third kappa shape index (κ3) is 3.56. The highest BCUT2D eigenvalue weighted by Gasteiger charge is 2.36. The first-order valence-corrected chi connectivity index (χ1v) is 8.03. The molecule has 0 radical (unpaired) electrons. The van der Waals surface area contributed by atoms with Crippen molar-refractivity contribution >= 4 is 11.6 Å². The molecule has 0 unspecified atom stereocenters. The average molecular weight is 298 g/mol. The van der Waals surface area contributed by atoms with Crippen molar-refractivity contribution in [1.82, 2.24) is 15.1 Å². The van der Waals surface area contributed by atoms with Crippen LogP contribution in [0.15, 0.2) is 0 Å². The van der Waals surface area contributed by atoms with E-state index >= 15 is 0 Å². The molecule has 1 fully saturated rings. The number of nitrogens with zero attached hydrogens (tertiary/aromatic N) is 2. The van der Waals surface area contributed by atoms with Gasteiger partial charge in [0.1, 0.15) is 0 Å². The van der Waals surface area contributed by atoms with Crippen molar-refractivity contribution in [1.29, 1.82) is 0 Å². The smallest absolute Gasteiger partial charge is 0.0847 e. The number of aromatic nitrogens is 2. The van der Waals surface area contributed by atoms with E-state index in [9.17, 15) is 0 Å². The Bertz CT molecular complexity index is 465. The predicted octanol–water partition coefficient (Wildman–Crippen LogP) is 3.87. The van der Waals surface area contributed by atoms with Crippen LogP contribution in [0.2, 0.25) is 5.02 Å². The van der Waals surface area contributed by atoms with Crippen molar-refractivity contribution < 1.29 is 0 Å². The molecule has 20 heavy (non-hydrogen) atoms. The van der Waals surface area contributed by atoms with E-state index in [0.29, 0.717) is 5.41 Å². The number of rotatable bonds is 4. The van der Waals surface area contributed by atoms with Gasteiger partial charge in [0.25, 0.3) is 0 Å². The van der Waals surface area contributed by atoms with Crippen molar-refractivity contribution in [3.8, 4) is 0 Å². The van der Waals surface area contributed by atoms with Gasteiger partial charge < -0.3 is 5.32 Å². The Morgan fingerprint density at radius 1 is 1.30 bits per heavy atom. The molecule has 0 atom stereocenters. The monoisotopic (exact) mass is 297 g/mol. The minimum atomic E-state index is 0.168. The minimum absolute atomic E-state index is 0.168. The fourth-order valence-electron chi connectivity index (χ4n) is 3.22. The van der Waals surface area contributed by atoms with Gasteiger partial charge in [0.2, 0.25) is 0 Å². The van der Waals surface area contributed by atoms with E-state index in [0.717, 1.165) is 23.7 Å². The summed E-state index contributed by atoms with van der Waals surface area (Å²) in [4.78, 5) is 0. The molecular weight excluding hydrogens is 270 g/mol. The average Bonchev–Trinajstić information content (AvgIpc) is 2.89. The molecule has 1 saturated carbocycles. The maximum Gasteiger partial charge on any atom is 0.0847 e. The lowest BCUT2D eigenvalue weighted by Crippen LogP contribution is -2.44. The van der Waals surface area contributed by atoms with Crippen LogP contribution < -0.4 is 5.32 Å². The zero-order valence-corrected chi connectivity index (χ0v) is 14.3. The molecule has 2 rings (SSSR count). The maximum absolute atomic E-state index is 6.44.